The van der Waals surface area contributed by atoms with Gasteiger partial charge in [-0.1, -0.05) is 12.2 Å². The second-order valence-corrected chi connectivity index (χ2v) is 1.86. The summed E-state index contributed by atoms with van der Waals surface area (Å²) in [5.74, 6) is -1.21. The Morgan fingerprint density at radius 2 is 2.22 bits per heavy atom. The minimum Gasteiger partial charge on any atom is -0.381 e. The standard InChI is InChI=1S/C6H6O3/c7-4-2-1-3-5(8)6(4)9/h1-2,4,7H,3H2. The normalized spacial score (nSPS) is 27.0. The first-order valence-corrected chi connectivity index (χ1v) is 2.63. The van der Waals surface area contributed by atoms with E-state index in [-0.39, 0.29) is 6.42 Å². The molecule has 1 unspecified atom stereocenters. The Labute approximate surface area is 52.0 Å². The van der Waals surface area contributed by atoms with Crippen LogP contribution in [0.4, 0.5) is 0 Å². The third-order valence-corrected chi connectivity index (χ3v) is 1.17. The zero-order chi connectivity index (χ0) is 6.85. The summed E-state index contributed by atoms with van der Waals surface area (Å²) in [6.45, 7) is 0. The van der Waals surface area contributed by atoms with Crippen molar-refractivity contribution in [1.82, 2.24) is 0 Å². The van der Waals surface area contributed by atoms with Crippen LogP contribution in [0.1, 0.15) is 6.42 Å². The number of hydrogen-bond donors (Lipinski definition) is 1. The number of rotatable bonds is 0. The summed E-state index contributed by atoms with van der Waals surface area (Å²) >= 11 is 0. The molecule has 9 heavy (non-hydrogen) atoms. The Kier molecular flexibility index (Phi) is 1.44. The van der Waals surface area contributed by atoms with Crippen molar-refractivity contribution in [2.75, 3.05) is 0 Å². The van der Waals surface area contributed by atoms with Crippen LogP contribution in [0.3, 0.4) is 0 Å². The number of aliphatic hydroxyl groups is 1. The number of hydrogen-bond acceptors (Lipinski definition) is 3. The van der Waals surface area contributed by atoms with Crippen molar-refractivity contribution in [2.24, 2.45) is 0 Å². The van der Waals surface area contributed by atoms with Crippen LogP contribution in [0.25, 0.3) is 0 Å². The SMILES string of the molecule is O=C1CC=CC(O)C1=O. The number of carbonyl (C=O) groups is 2. The molecule has 1 N–H and O–H groups in total. The van der Waals surface area contributed by atoms with Crippen molar-refractivity contribution in [1.29, 1.82) is 0 Å². The van der Waals surface area contributed by atoms with Crippen LogP contribution in [0.2, 0.25) is 0 Å². The van der Waals surface area contributed by atoms with Gasteiger partial charge in [0.2, 0.25) is 11.6 Å². The minimum atomic E-state index is -1.19. The molecule has 1 aliphatic rings. The molecule has 0 amide bonds. The number of allylic oxidation sites excluding steroid dienone is 1. The van der Waals surface area contributed by atoms with Gasteiger partial charge in [-0.3, -0.25) is 9.59 Å². The van der Waals surface area contributed by atoms with Crippen molar-refractivity contribution in [3.05, 3.63) is 12.2 Å². The van der Waals surface area contributed by atoms with Crippen molar-refractivity contribution < 1.29 is 14.7 Å². The summed E-state index contributed by atoms with van der Waals surface area (Å²) in [5.41, 5.74) is 0. The molecule has 0 aliphatic heterocycles. The Hall–Kier alpha value is -0.960. The largest absolute Gasteiger partial charge is 0.381 e. The molecule has 0 heterocycles. The highest BCUT2D eigenvalue weighted by atomic mass is 16.3. The maximum absolute atomic E-state index is 10.5. The van der Waals surface area contributed by atoms with Crippen molar-refractivity contribution >= 4 is 11.6 Å². The molecule has 3 nitrogen and oxygen atoms in total. The fourth-order valence-electron chi connectivity index (χ4n) is 0.657. The fraction of sp³-hybridized carbons (Fsp3) is 0.333. The van der Waals surface area contributed by atoms with Gasteiger partial charge in [0.25, 0.3) is 0 Å². The van der Waals surface area contributed by atoms with Crippen molar-refractivity contribution in [2.45, 2.75) is 12.5 Å². The Balaban J connectivity index is 2.81. The highest BCUT2D eigenvalue weighted by molar-refractivity contribution is 6.40. The van der Waals surface area contributed by atoms with E-state index in [1.807, 2.05) is 0 Å². The van der Waals surface area contributed by atoms with E-state index in [1.165, 1.54) is 12.2 Å². The molecule has 3 heteroatoms. The fourth-order valence-corrected chi connectivity index (χ4v) is 0.657. The molecule has 1 aliphatic carbocycles. The van der Waals surface area contributed by atoms with Gasteiger partial charge in [0.1, 0.15) is 6.10 Å². The molecular formula is C6H6O3. The lowest BCUT2D eigenvalue weighted by Gasteiger charge is -2.05. The third-order valence-electron chi connectivity index (χ3n) is 1.17. The number of Topliss-reactive ketones (excluding diaryl/α,β-unsaturated/α-hetero) is 2. The summed E-state index contributed by atoms with van der Waals surface area (Å²) in [7, 11) is 0. The maximum atomic E-state index is 10.5. The van der Waals surface area contributed by atoms with Gasteiger partial charge in [-0.15, -0.1) is 0 Å². The average molecular weight is 126 g/mol. The molecule has 0 spiro atoms. The molecule has 0 aromatic rings. The van der Waals surface area contributed by atoms with Crippen molar-refractivity contribution in [3.63, 3.8) is 0 Å². The first-order valence-electron chi connectivity index (χ1n) is 2.63. The van der Waals surface area contributed by atoms with E-state index in [9.17, 15) is 9.59 Å². The zero-order valence-corrected chi connectivity index (χ0v) is 4.70. The smallest absolute Gasteiger partial charge is 0.230 e. The van der Waals surface area contributed by atoms with E-state index >= 15 is 0 Å². The van der Waals surface area contributed by atoms with Crippen LogP contribution in [-0.4, -0.2) is 22.8 Å². The van der Waals surface area contributed by atoms with Crippen LogP contribution < -0.4 is 0 Å². The van der Waals surface area contributed by atoms with Gasteiger partial charge in [0, 0.05) is 6.42 Å². The lowest BCUT2D eigenvalue weighted by molar-refractivity contribution is -0.140. The second-order valence-electron chi connectivity index (χ2n) is 1.86. The molecule has 0 aromatic carbocycles. The van der Waals surface area contributed by atoms with Gasteiger partial charge >= 0.3 is 0 Å². The summed E-state index contributed by atoms with van der Waals surface area (Å²) in [6, 6.07) is 0. The van der Waals surface area contributed by atoms with Crippen molar-refractivity contribution in [3.8, 4) is 0 Å². The minimum absolute atomic E-state index is 0.135. The summed E-state index contributed by atoms with van der Waals surface area (Å²) in [4.78, 5) is 20.9. The van der Waals surface area contributed by atoms with Gasteiger partial charge in [-0.25, -0.2) is 0 Å². The van der Waals surface area contributed by atoms with E-state index in [0.29, 0.717) is 0 Å². The predicted molar refractivity (Wildman–Crippen MR) is 29.8 cm³/mol. The Morgan fingerprint density at radius 1 is 1.56 bits per heavy atom. The van der Waals surface area contributed by atoms with Crippen LogP contribution in [0.15, 0.2) is 12.2 Å². The third kappa shape index (κ3) is 1.05. The number of ketones is 2. The molecule has 0 bridgehead atoms. The second kappa shape index (κ2) is 2.11. The lowest BCUT2D eigenvalue weighted by atomic mass is 10.0. The Morgan fingerprint density at radius 3 is 2.67 bits per heavy atom. The maximum Gasteiger partial charge on any atom is 0.230 e. The van der Waals surface area contributed by atoms with Gasteiger partial charge in [-0.2, -0.15) is 0 Å². The highest BCUT2D eigenvalue weighted by Crippen LogP contribution is 2.01. The topological polar surface area (TPSA) is 54.4 Å². The van der Waals surface area contributed by atoms with Crippen LogP contribution >= 0.6 is 0 Å². The predicted octanol–water partition coefficient (Wildman–Crippen LogP) is -0.555. The van der Waals surface area contributed by atoms with Crippen LogP contribution in [0.5, 0.6) is 0 Å². The summed E-state index contributed by atoms with van der Waals surface area (Å²) < 4.78 is 0. The Bertz CT molecular complexity index is 181. The first-order chi connectivity index (χ1) is 4.22. The molecule has 1 atom stereocenters. The summed E-state index contributed by atoms with van der Waals surface area (Å²) in [5, 5.41) is 8.69. The lowest BCUT2D eigenvalue weighted by Crippen LogP contribution is -2.29. The molecule has 1 rings (SSSR count). The number of aliphatic hydroxyl groups excluding tert-OH is 1. The van der Waals surface area contributed by atoms with E-state index in [1.54, 1.807) is 0 Å². The van der Waals surface area contributed by atoms with Gasteiger partial charge in [-0.05, 0) is 0 Å². The highest BCUT2D eigenvalue weighted by Gasteiger charge is 2.22. The van der Waals surface area contributed by atoms with E-state index in [2.05, 4.69) is 0 Å². The van der Waals surface area contributed by atoms with Gasteiger partial charge < -0.3 is 5.11 Å². The molecule has 0 radical (unpaired) electrons. The molecular weight excluding hydrogens is 120 g/mol. The van der Waals surface area contributed by atoms with Crippen LogP contribution in [-0.2, 0) is 9.59 Å². The van der Waals surface area contributed by atoms with E-state index < -0.39 is 17.7 Å². The summed E-state index contributed by atoms with van der Waals surface area (Å²) in [6.07, 6.45) is 1.76. The molecule has 0 aromatic heterocycles. The molecule has 0 saturated heterocycles. The monoisotopic (exact) mass is 126 g/mol. The van der Waals surface area contributed by atoms with E-state index in [0.717, 1.165) is 0 Å². The molecule has 0 fully saturated rings. The van der Waals surface area contributed by atoms with Gasteiger partial charge in [0.05, 0.1) is 0 Å². The molecule has 48 valence electrons. The number of carbonyl (C=O) groups excluding carboxylic acids is 2. The molecule has 0 saturated carbocycles. The van der Waals surface area contributed by atoms with Crippen LogP contribution in [0, 0.1) is 0 Å². The quantitative estimate of drug-likeness (QED) is 0.350. The van der Waals surface area contributed by atoms with E-state index in [4.69, 9.17) is 5.11 Å². The average Bonchev–Trinajstić information content (AvgIpc) is 1.83. The van der Waals surface area contributed by atoms with Gasteiger partial charge in [0.15, 0.2) is 0 Å². The zero-order valence-electron chi connectivity index (χ0n) is 4.70. The first kappa shape index (κ1) is 6.16.